The molecule has 0 atom stereocenters. The van der Waals surface area contributed by atoms with Crippen molar-refractivity contribution in [2.24, 2.45) is 0 Å². The Hall–Kier alpha value is -2.73. The van der Waals surface area contributed by atoms with Crippen molar-refractivity contribution in [2.45, 2.75) is 27.3 Å². The van der Waals surface area contributed by atoms with E-state index in [2.05, 4.69) is 21.8 Å². The second-order valence-corrected chi connectivity index (χ2v) is 6.73. The van der Waals surface area contributed by atoms with Crippen molar-refractivity contribution in [3.05, 3.63) is 76.7 Å². The van der Waals surface area contributed by atoms with Gasteiger partial charge in [0.05, 0.1) is 6.54 Å². The van der Waals surface area contributed by atoms with Crippen LogP contribution in [0, 0.1) is 26.6 Å². The van der Waals surface area contributed by atoms with Crippen LogP contribution in [0.1, 0.15) is 22.4 Å². The van der Waals surface area contributed by atoms with Crippen molar-refractivity contribution in [1.82, 2.24) is 9.78 Å². The van der Waals surface area contributed by atoms with Gasteiger partial charge < -0.3 is 10.6 Å². The third-order valence-electron chi connectivity index (χ3n) is 4.14. The Kier molecular flexibility index (Phi) is 5.32. The summed E-state index contributed by atoms with van der Waals surface area (Å²) >= 11 is 5.39. The van der Waals surface area contributed by atoms with Gasteiger partial charge in [0.2, 0.25) is 0 Å². The van der Waals surface area contributed by atoms with Crippen molar-refractivity contribution in [3.8, 4) is 0 Å². The molecule has 0 fully saturated rings. The number of nitrogens with one attached hydrogen (secondary N) is 2. The summed E-state index contributed by atoms with van der Waals surface area (Å²) in [6.45, 7) is 6.37. The number of aryl methyl sites for hydroxylation is 3. The van der Waals surface area contributed by atoms with Crippen LogP contribution < -0.4 is 10.6 Å². The Bertz CT molecular complexity index is 949. The summed E-state index contributed by atoms with van der Waals surface area (Å²) in [5.74, 6) is 0.394. The molecule has 1 aromatic heterocycles. The molecule has 0 bridgehead atoms. The first-order chi connectivity index (χ1) is 12.4. The van der Waals surface area contributed by atoms with E-state index in [-0.39, 0.29) is 5.82 Å². The molecule has 6 heteroatoms. The lowest BCUT2D eigenvalue weighted by Gasteiger charge is -2.12. The van der Waals surface area contributed by atoms with Gasteiger partial charge in [-0.05, 0) is 56.2 Å². The first-order valence-corrected chi connectivity index (χ1v) is 8.76. The number of nitrogens with zero attached hydrogens (tertiary/aromatic N) is 2. The first-order valence-electron chi connectivity index (χ1n) is 8.35. The summed E-state index contributed by atoms with van der Waals surface area (Å²) < 4.78 is 15.6. The maximum atomic E-state index is 13.8. The molecular weight excluding hydrogens is 347 g/mol. The largest absolute Gasteiger partial charge is 0.332 e. The highest BCUT2D eigenvalue weighted by atomic mass is 32.1. The van der Waals surface area contributed by atoms with Crippen molar-refractivity contribution in [1.29, 1.82) is 0 Å². The maximum absolute atomic E-state index is 13.8. The molecule has 0 unspecified atom stereocenters. The molecule has 1 heterocycles. The van der Waals surface area contributed by atoms with Crippen molar-refractivity contribution in [2.75, 3.05) is 10.6 Å². The second kappa shape index (κ2) is 7.66. The molecule has 0 saturated carbocycles. The number of hydrogen-bond donors (Lipinski definition) is 2. The van der Waals surface area contributed by atoms with Crippen LogP contribution in [-0.2, 0) is 6.54 Å². The average molecular weight is 368 g/mol. The molecule has 134 valence electrons. The number of thiocarbonyl (C=S) groups is 1. The van der Waals surface area contributed by atoms with Gasteiger partial charge in [0, 0.05) is 23.0 Å². The molecule has 26 heavy (non-hydrogen) atoms. The van der Waals surface area contributed by atoms with Crippen LogP contribution >= 0.6 is 12.2 Å². The Labute approximate surface area is 158 Å². The monoisotopic (exact) mass is 368 g/mol. The molecule has 2 aromatic carbocycles. The minimum Gasteiger partial charge on any atom is -0.332 e. The highest BCUT2D eigenvalue weighted by Gasteiger charge is 2.09. The molecule has 0 aliphatic carbocycles. The average Bonchev–Trinajstić information content (AvgIpc) is 2.92. The smallest absolute Gasteiger partial charge is 0.176 e. The quantitative estimate of drug-likeness (QED) is 0.649. The number of anilines is 2. The van der Waals surface area contributed by atoms with Crippen molar-refractivity contribution >= 4 is 28.8 Å². The van der Waals surface area contributed by atoms with E-state index >= 15 is 0 Å². The lowest BCUT2D eigenvalue weighted by molar-refractivity contribution is 0.581. The zero-order valence-corrected chi connectivity index (χ0v) is 15.8. The summed E-state index contributed by atoms with van der Waals surface area (Å²) in [6.07, 6.45) is 0. The van der Waals surface area contributed by atoms with E-state index in [1.807, 2.05) is 45.0 Å². The standard InChI is InChI=1S/C20H21FN4S/c1-13-8-9-14(2)18(10-13)22-20(26)23-19-11-15(3)25(24-19)12-16-6-4-5-7-17(16)21/h4-11H,12H2,1-3H3,(H2,22,23,24,26). The molecule has 0 saturated heterocycles. The molecule has 4 nitrogen and oxygen atoms in total. The van der Waals surface area contributed by atoms with Gasteiger partial charge in [0.15, 0.2) is 10.9 Å². The Morgan fingerprint density at radius 3 is 2.62 bits per heavy atom. The van der Waals surface area contributed by atoms with E-state index < -0.39 is 0 Å². The summed E-state index contributed by atoms with van der Waals surface area (Å²) in [5.41, 5.74) is 4.75. The van der Waals surface area contributed by atoms with Crippen molar-refractivity contribution < 1.29 is 4.39 Å². The molecule has 3 rings (SSSR count). The van der Waals surface area contributed by atoms with Crippen LogP contribution in [-0.4, -0.2) is 14.9 Å². The van der Waals surface area contributed by atoms with Crippen LogP contribution in [0.15, 0.2) is 48.5 Å². The molecule has 2 N–H and O–H groups in total. The summed E-state index contributed by atoms with van der Waals surface area (Å²) in [7, 11) is 0. The summed E-state index contributed by atoms with van der Waals surface area (Å²) in [4.78, 5) is 0. The minimum absolute atomic E-state index is 0.232. The van der Waals surface area contributed by atoms with E-state index in [1.54, 1.807) is 16.8 Å². The third kappa shape index (κ3) is 4.26. The summed E-state index contributed by atoms with van der Waals surface area (Å²) in [6, 6.07) is 14.8. The van der Waals surface area contributed by atoms with Gasteiger partial charge in [-0.2, -0.15) is 5.10 Å². The van der Waals surface area contributed by atoms with Gasteiger partial charge in [0.25, 0.3) is 0 Å². The fourth-order valence-corrected chi connectivity index (χ4v) is 2.87. The molecule has 0 aliphatic rings. The van der Waals surface area contributed by atoms with Gasteiger partial charge >= 0.3 is 0 Å². The Morgan fingerprint density at radius 1 is 1.08 bits per heavy atom. The maximum Gasteiger partial charge on any atom is 0.176 e. The molecule has 3 aromatic rings. The third-order valence-corrected chi connectivity index (χ3v) is 4.35. The van der Waals surface area contributed by atoms with E-state index in [0.717, 1.165) is 22.5 Å². The van der Waals surface area contributed by atoms with Crippen LogP contribution in [0.2, 0.25) is 0 Å². The molecule has 0 amide bonds. The zero-order chi connectivity index (χ0) is 18.7. The van der Waals surface area contributed by atoms with E-state index in [1.165, 1.54) is 6.07 Å². The number of rotatable bonds is 4. The topological polar surface area (TPSA) is 41.9 Å². The SMILES string of the molecule is Cc1ccc(C)c(NC(=S)Nc2cc(C)n(Cc3ccccc3F)n2)c1. The number of hydrogen-bond acceptors (Lipinski definition) is 2. The van der Waals surface area contributed by atoms with E-state index in [4.69, 9.17) is 12.2 Å². The van der Waals surface area contributed by atoms with Gasteiger partial charge in [-0.1, -0.05) is 30.3 Å². The fraction of sp³-hybridized carbons (Fsp3) is 0.200. The van der Waals surface area contributed by atoms with E-state index in [0.29, 0.717) is 23.0 Å². The van der Waals surface area contributed by atoms with Crippen LogP contribution in [0.4, 0.5) is 15.9 Å². The highest BCUT2D eigenvalue weighted by molar-refractivity contribution is 7.80. The zero-order valence-electron chi connectivity index (χ0n) is 15.0. The number of halogens is 1. The number of aromatic nitrogens is 2. The summed E-state index contributed by atoms with van der Waals surface area (Å²) in [5, 5.41) is 11.2. The molecule has 0 radical (unpaired) electrons. The second-order valence-electron chi connectivity index (χ2n) is 6.32. The van der Waals surface area contributed by atoms with Crippen LogP contribution in [0.25, 0.3) is 0 Å². The molecular formula is C20H21FN4S. The van der Waals surface area contributed by atoms with Gasteiger partial charge in [-0.15, -0.1) is 0 Å². The first kappa shape index (κ1) is 18.1. The Morgan fingerprint density at radius 2 is 1.85 bits per heavy atom. The lowest BCUT2D eigenvalue weighted by Crippen LogP contribution is -2.20. The number of benzene rings is 2. The molecule has 0 aliphatic heterocycles. The highest BCUT2D eigenvalue weighted by Crippen LogP contribution is 2.18. The normalized spacial score (nSPS) is 10.6. The van der Waals surface area contributed by atoms with E-state index in [9.17, 15) is 4.39 Å². The predicted molar refractivity (Wildman–Crippen MR) is 108 cm³/mol. The van der Waals surface area contributed by atoms with Crippen LogP contribution in [0.5, 0.6) is 0 Å². The van der Waals surface area contributed by atoms with Gasteiger partial charge in [-0.3, -0.25) is 4.68 Å². The minimum atomic E-state index is -0.232. The Balaban J connectivity index is 1.70. The lowest BCUT2D eigenvalue weighted by atomic mass is 10.1. The fourth-order valence-electron chi connectivity index (χ4n) is 2.66. The van der Waals surface area contributed by atoms with Gasteiger partial charge in [0.1, 0.15) is 5.82 Å². The predicted octanol–water partition coefficient (Wildman–Crippen LogP) is 4.80. The van der Waals surface area contributed by atoms with Gasteiger partial charge in [-0.25, -0.2) is 4.39 Å². The molecule has 0 spiro atoms. The van der Waals surface area contributed by atoms with Crippen LogP contribution in [0.3, 0.4) is 0 Å². The van der Waals surface area contributed by atoms with Crippen molar-refractivity contribution in [3.63, 3.8) is 0 Å².